The Kier molecular flexibility index (Phi) is 6.33. The number of benzene rings is 2. The van der Waals surface area contributed by atoms with Crippen LogP contribution < -0.4 is 23.6 Å². The van der Waals surface area contributed by atoms with Gasteiger partial charge in [-0.2, -0.15) is 0 Å². The second-order valence-corrected chi connectivity index (χ2v) is 4.87. The third-order valence-electron chi connectivity index (χ3n) is 2.52. The summed E-state index contributed by atoms with van der Waals surface area (Å²) in [5.74, 6) is 0.387. The summed E-state index contributed by atoms with van der Waals surface area (Å²) in [5.41, 5.74) is 1.89. The van der Waals surface area contributed by atoms with Crippen LogP contribution in [0.15, 0.2) is 53.4 Å². The smallest absolute Gasteiger partial charge is 0.768 e. The van der Waals surface area contributed by atoms with E-state index in [0.29, 0.717) is 12.4 Å². The molecular weight excluding hydrogens is 255 g/mol. The summed E-state index contributed by atoms with van der Waals surface area (Å²) in [6, 6.07) is 14.7. The largest absolute Gasteiger partial charge is 1.00 e. The molecule has 5 heteroatoms. The van der Waals surface area contributed by atoms with E-state index in [-0.39, 0.29) is 23.8 Å². The standard InChI is InChI=1S/C14H14O3S.Li/c1-11-7-8-13(14(9-11)18(15)16)17-10-12-5-3-2-4-6-12;/h2-9H,10H2,1H3,(H,15,16);/q;+1/p-1. The number of ether oxygens (including phenoxy) is 1. The normalized spacial score (nSPS) is 11.5. The molecular formula is C14H13LiO3S. The first-order valence-corrected chi connectivity index (χ1v) is 6.61. The van der Waals surface area contributed by atoms with Gasteiger partial charge in [0.2, 0.25) is 0 Å². The summed E-state index contributed by atoms with van der Waals surface area (Å²) in [6.45, 7) is 2.20. The zero-order valence-electron chi connectivity index (χ0n) is 11.0. The van der Waals surface area contributed by atoms with Crippen molar-refractivity contribution in [3.05, 3.63) is 59.7 Å². The average molecular weight is 268 g/mol. The Balaban J connectivity index is 0.00000180. The molecule has 0 saturated heterocycles. The molecule has 0 heterocycles. The number of rotatable bonds is 4. The van der Waals surface area contributed by atoms with Gasteiger partial charge in [-0.3, -0.25) is 4.21 Å². The maximum Gasteiger partial charge on any atom is 1.00 e. The fourth-order valence-corrected chi connectivity index (χ4v) is 2.17. The minimum atomic E-state index is -2.28. The first-order valence-electron chi connectivity index (χ1n) is 5.53. The van der Waals surface area contributed by atoms with Gasteiger partial charge in [-0.05, 0) is 41.3 Å². The van der Waals surface area contributed by atoms with Gasteiger partial charge >= 0.3 is 18.9 Å². The van der Waals surface area contributed by atoms with Gasteiger partial charge in [0.05, 0.1) is 4.90 Å². The molecule has 0 aliphatic carbocycles. The van der Waals surface area contributed by atoms with Gasteiger partial charge < -0.3 is 9.29 Å². The molecule has 0 spiro atoms. The Labute approximate surface area is 127 Å². The van der Waals surface area contributed by atoms with E-state index in [0.717, 1.165) is 11.1 Å². The van der Waals surface area contributed by atoms with Crippen LogP contribution in [-0.4, -0.2) is 8.76 Å². The van der Waals surface area contributed by atoms with Gasteiger partial charge in [0, 0.05) is 0 Å². The van der Waals surface area contributed by atoms with Crippen LogP contribution in [0.2, 0.25) is 0 Å². The summed E-state index contributed by atoms with van der Waals surface area (Å²) >= 11 is -2.28. The van der Waals surface area contributed by atoms with E-state index in [1.165, 1.54) is 0 Å². The molecule has 94 valence electrons. The van der Waals surface area contributed by atoms with Gasteiger partial charge in [-0.1, -0.05) is 36.4 Å². The molecule has 0 radical (unpaired) electrons. The van der Waals surface area contributed by atoms with Crippen molar-refractivity contribution >= 4 is 11.1 Å². The molecule has 0 saturated carbocycles. The molecule has 3 nitrogen and oxygen atoms in total. The van der Waals surface area contributed by atoms with E-state index in [1.807, 2.05) is 43.3 Å². The number of aryl methyl sites for hydroxylation is 1. The molecule has 1 atom stereocenters. The molecule has 19 heavy (non-hydrogen) atoms. The molecule has 0 aromatic heterocycles. The van der Waals surface area contributed by atoms with Crippen molar-refractivity contribution in [3.63, 3.8) is 0 Å². The zero-order chi connectivity index (χ0) is 13.0. The fourth-order valence-electron chi connectivity index (χ4n) is 1.60. The number of hydrogen-bond acceptors (Lipinski definition) is 3. The van der Waals surface area contributed by atoms with Gasteiger partial charge in [-0.25, -0.2) is 0 Å². The minimum absolute atomic E-state index is 0. The first-order chi connectivity index (χ1) is 8.66. The molecule has 1 unspecified atom stereocenters. The van der Waals surface area contributed by atoms with Gasteiger partial charge in [0.25, 0.3) is 0 Å². The molecule has 2 aromatic rings. The molecule has 2 aromatic carbocycles. The minimum Gasteiger partial charge on any atom is -0.768 e. The summed E-state index contributed by atoms with van der Waals surface area (Å²) in [4.78, 5) is 0.200. The van der Waals surface area contributed by atoms with Crippen molar-refractivity contribution < 1.29 is 32.4 Å². The molecule has 0 bridgehead atoms. The van der Waals surface area contributed by atoms with Gasteiger partial charge in [-0.15, -0.1) is 0 Å². The fraction of sp³-hybridized carbons (Fsp3) is 0.143. The van der Waals surface area contributed by atoms with Crippen molar-refractivity contribution in [2.75, 3.05) is 0 Å². The number of hydrogen-bond donors (Lipinski definition) is 0. The van der Waals surface area contributed by atoms with Crippen LogP contribution in [0.3, 0.4) is 0 Å². The quantitative estimate of drug-likeness (QED) is 0.571. The van der Waals surface area contributed by atoms with E-state index in [2.05, 4.69) is 0 Å². The van der Waals surface area contributed by atoms with E-state index in [4.69, 9.17) is 4.74 Å². The Morgan fingerprint density at radius 3 is 2.47 bits per heavy atom. The Hall–Kier alpha value is -1.05. The third-order valence-corrected chi connectivity index (χ3v) is 3.19. The summed E-state index contributed by atoms with van der Waals surface area (Å²) < 4.78 is 27.8. The van der Waals surface area contributed by atoms with Crippen LogP contribution in [0, 0.1) is 6.92 Å². The SMILES string of the molecule is Cc1ccc(OCc2ccccc2)c(S(=O)[O-])c1.[Li+]. The molecule has 0 N–H and O–H groups in total. The van der Waals surface area contributed by atoms with Crippen LogP contribution in [0.4, 0.5) is 0 Å². The third kappa shape index (κ3) is 4.52. The van der Waals surface area contributed by atoms with Gasteiger partial charge in [0.1, 0.15) is 12.4 Å². The molecule has 2 rings (SSSR count). The molecule has 0 aliphatic heterocycles. The molecule has 0 aliphatic rings. The van der Waals surface area contributed by atoms with Crippen molar-refractivity contribution in [2.24, 2.45) is 0 Å². The predicted octanol–water partition coefficient (Wildman–Crippen LogP) is -0.184. The van der Waals surface area contributed by atoms with Crippen molar-refractivity contribution in [3.8, 4) is 5.75 Å². The van der Waals surface area contributed by atoms with Crippen LogP contribution in [0.5, 0.6) is 5.75 Å². The summed E-state index contributed by atoms with van der Waals surface area (Å²) in [5, 5.41) is 0. The predicted molar refractivity (Wildman–Crippen MR) is 69.1 cm³/mol. The van der Waals surface area contributed by atoms with Crippen molar-refractivity contribution in [1.29, 1.82) is 0 Å². The van der Waals surface area contributed by atoms with Crippen molar-refractivity contribution in [1.82, 2.24) is 0 Å². The van der Waals surface area contributed by atoms with E-state index >= 15 is 0 Å². The topological polar surface area (TPSA) is 49.4 Å². The maximum atomic E-state index is 11.1. The zero-order valence-corrected chi connectivity index (χ0v) is 11.8. The maximum absolute atomic E-state index is 11.1. The first kappa shape index (κ1) is 16.0. The monoisotopic (exact) mass is 268 g/mol. The van der Waals surface area contributed by atoms with E-state index < -0.39 is 11.1 Å². The average Bonchev–Trinajstić information content (AvgIpc) is 2.38. The van der Waals surface area contributed by atoms with Crippen LogP contribution >= 0.6 is 0 Å². The second kappa shape index (κ2) is 7.52. The van der Waals surface area contributed by atoms with E-state index in [1.54, 1.807) is 12.1 Å². The molecule has 0 amide bonds. The van der Waals surface area contributed by atoms with Crippen LogP contribution in [-0.2, 0) is 17.7 Å². The summed E-state index contributed by atoms with van der Waals surface area (Å²) in [7, 11) is 0. The summed E-state index contributed by atoms with van der Waals surface area (Å²) in [6.07, 6.45) is 0. The van der Waals surface area contributed by atoms with Crippen LogP contribution in [0.1, 0.15) is 11.1 Å². The van der Waals surface area contributed by atoms with Gasteiger partial charge in [0.15, 0.2) is 0 Å². The van der Waals surface area contributed by atoms with Crippen molar-refractivity contribution in [2.45, 2.75) is 18.4 Å². The Morgan fingerprint density at radius 1 is 1.16 bits per heavy atom. The van der Waals surface area contributed by atoms with Crippen LogP contribution in [0.25, 0.3) is 0 Å². The second-order valence-electron chi connectivity index (χ2n) is 3.96. The van der Waals surface area contributed by atoms with E-state index in [9.17, 15) is 8.76 Å². The molecule has 0 fully saturated rings. The Bertz CT molecular complexity index is 558. The Morgan fingerprint density at radius 2 is 1.84 bits per heavy atom.